The number of halogens is 2. The van der Waals surface area contributed by atoms with Gasteiger partial charge >= 0.3 is 0 Å². The number of fused-ring (bicyclic) bond motifs is 1. The minimum Gasteiger partial charge on any atom is -0.457 e. The van der Waals surface area contributed by atoms with Gasteiger partial charge in [0.15, 0.2) is 5.82 Å². The molecule has 0 spiro atoms. The number of aromatic nitrogens is 5. The van der Waals surface area contributed by atoms with Gasteiger partial charge in [-0.05, 0) is 55.7 Å². The molecule has 4 heterocycles. The molecule has 0 aliphatic carbocycles. The van der Waals surface area contributed by atoms with E-state index in [9.17, 15) is 23.5 Å². The second-order valence-corrected chi connectivity index (χ2v) is 13.6. The first-order valence-corrected chi connectivity index (χ1v) is 17.1. The van der Waals surface area contributed by atoms with Crippen molar-refractivity contribution >= 4 is 33.4 Å². The number of aliphatic hydroxyl groups is 1. The molecule has 262 valence electrons. The summed E-state index contributed by atoms with van der Waals surface area (Å²) in [4.78, 5) is 37.8. The molecule has 0 saturated carbocycles. The van der Waals surface area contributed by atoms with E-state index in [0.717, 1.165) is 29.0 Å². The van der Waals surface area contributed by atoms with Crippen LogP contribution in [0.2, 0.25) is 0 Å². The molecule has 1 amide bonds. The van der Waals surface area contributed by atoms with Crippen LogP contribution in [0.3, 0.4) is 0 Å². The van der Waals surface area contributed by atoms with Crippen LogP contribution in [0, 0.1) is 18.6 Å². The molecule has 1 aliphatic heterocycles. The number of rotatable bonds is 10. The maximum atomic E-state index is 14.9. The summed E-state index contributed by atoms with van der Waals surface area (Å²) in [6, 6.07) is 19.3. The summed E-state index contributed by atoms with van der Waals surface area (Å²) >= 11 is 1.13. The first-order valence-electron chi connectivity index (χ1n) is 16.3. The van der Waals surface area contributed by atoms with Gasteiger partial charge in [0.05, 0.1) is 22.6 Å². The fraction of sp³-hybridized carbons (Fsp3) is 0.250. The lowest BCUT2D eigenvalue weighted by Crippen LogP contribution is -2.50. The van der Waals surface area contributed by atoms with E-state index in [1.165, 1.54) is 28.0 Å². The van der Waals surface area contributed by atoms with Crippen molar-refractivity contribution < 1.29 is 23.4 Å². The fourth-order valence-electron chi connectivity index (χ4n) is 6.35. The van der Waals surface area contributed by atoms with E-state index < -0.39 is 22.8 Å². The van der Waals surface area contributed by atoms with Crippen molar-refractivity contribution in [1.29, 1.82) is 0 Å². The number of ether oxygens (including phenoxy) is 1. The van der Waals surface area contributed by atoms with Gasteiger partial charge in [-0.3, -0.25) is 19.1 Å². The predicted molar refractivity (Wildman–Crippen MR) is 188 cm³/mol. The molecule has 1 aliphatic rings. The Morgan fingerprint density at radius 2 is 1.86 bits per heavy atom. The molecule has 1 fully saturated rings. The Balaban J connectivity index is 1.06. The molecule has 0 bridgehead atoms. The number of para-hydroxylation sites is 1. The highest BCUT2D eigenvalue weighted by molar-refractivity contribution is 7.20. The summed E-state index contributed by atoms with van der Waals surface area (Å²) in [6.45, 7) is 2.86. The Morgan fingerprint density at radius 3 is 2.59 bits per heavy atom. The van der Waals surface area contributed by atoms with Crippen LogP contribution < -0.4 is 21.3 Å². The second kappa shape index (κ2) is 14.0. The number of anilines is 1. The second-order valence-electron chi connectivity index (χ2n) is 12.6. The molecule has 51 heavy (non-hydrogen) atoms. The molecule has 12 nitrogen and oxygen atoms in total. The van der Waals surface area contributed by atoms with Crippen LogP contribution in [0.5, 0.6) is 11.5 Å². The smallest absolute Gasteiger partial charge is 0.298 e. The summed E-state index contributed by atoms with van der Waals surface area (Å²) in [7, 11) is 0. The molecular weight excluding hydrogens is 679 g/mol. The van der Waals surface area contributed by atoms with Crippen molar-refractivity contribution in [2.45, 2.75) is 38.0 Å². The first kappa shape index (κ1) is 34.0. The van der Waals surface area contributed by atoms with Crippen molar-refractivity contribution in [3.63, 3.8) is 0 Å². The summed E-state index contributed by atoms with van der Waals surface area (Å²) < 4.78 is 37.5. The van der Waals surface area contributed by atoms with E-state index >= 15 is 0 Å². The van der Waals surface area contributed by atoms with Crippen LogP contribution in [-0.4, -0.2) is 65.9 Å². The molecule has 4 N–H and O–H groups in total. The molecule has 3 aromatic heterocycles. The summed E-state index contributed by atoms with van der Waals surface area (Å²) in [5, 5.41) is 18.9. The van der Waals surface area contributed by atoms with Gasteiger partial charge in [-0.15, -0.1) is 11.3 Å². The summed E-state index contributed by atoms with van der Waals surface area (Å²) in [5.41, 5.74) is 5.59. The highest BCUT2D eigenvalue weighted by Gasteiger charge is 2.37. The number of carbonyl (C=O) groups excluding carboxylic acids is 1. The van der Waals surface area contributed by atoms with Crippen LogP contribution in [0.1, 0.15) is 33.6 Å². The number of hydrogen-bond acceptors (Lipinski definition) is 10. The minimum atomic E-state index is -1.73. The van der Waals surface area contributed by atoms with Gasteiger partial charge in [0.1, 0.15) is 46.2 Å². The van der Waals surface area contributed by atoms with Gasteiger partial charge in [0, 0.05) is 43.4 Å². The Labute approximate surface area is 294 Å². The minimum absolute atomic E-state index is 0.0436. The van der Waals surface area contributed by atoms with Crippen molar-refractivity contribution in [2.75, 3.05) is 25.4 Å². The van der Waals surface area contributed by atoms with Gasteiger partial charge in [-0.25, -0.2) is 23.4 Å². The topological polar surface area (TPSA) is 153 Å². The zero-order chi connectivity index (χ0) is 35.7. The van der Waals surface area contributed by atoms with E-state index in [2.05, 4.69) is 20.4 Å². The molecule has 1 atom stereocenters. The number of β-amino-alcohol motifs (C(OH)–C–C–N with tert-alkyl or cyclic N) is 1. The highest BCUT2D eigenvalue weighted by Crippen LogP contribution is 2.32. The SMILES string of the molecule is Cc1ccc(-n2c(=O)c(N)nc3sc(C(=O)NC4CCN(C[C@@](O)(Cn5cncn5)c5ccc(F)cc5F)CC4)cc32)cc1Oc1ccccc1. The number of hydrogen-bond donors (Lipinski definition) is 3. The number of thiophene rings is 1. The Morgan fingerprint density at radius 1 is 1.08 bits per heavy atom. The van der Waals surface area contributed by atoms with Gasteiger partial charge in [-0.1, -0.05) is 30.3 Å². The zero-order valence-corrected chi connectivity index (χ0v) is 28.3. The van der Waals surface area contributed by atoms with E-state index in [1.807, 2.05) is 48.2 Å². The number of nitrogens with two attached hydrogens (primary N) is 1. The molecule has 15 heteroatoms. The number of nitrogens with zero attached hydrogens (tertiary/aromatic N) is 6. The van der Waals surface area contributed by atoms with Crippen molar-refractivity contribution in [2.24, 2.45) is 0 Å². The predicted octanol–water partition coefficient (Wildman–Crippen LogP) is 4.78. The standard InChI is InChI=1S/C36H34F2N8O4S/c1-22-7-9-25(16-30(22)50-26-5-3-2-4-6-26)46-29-17-31(51-34(29)43-32(39)35(46)48)33(47)42-24-11-13-44(14-12-24)18-36(49,19-45-21-40-20-41-45)27-10-8-23(37)15-28(27)38/h2-10,15-17,20-21,24,49H,11-14,18-19H2,1H3,(H2,39,43)(H,42,47)/t36-/m1/s1. The molecular formula is C36H34F2N8O4S. The van der Waals surface area contributed by atoms with Crippen molar-refractivity contribution in [3.05, 3.63) is 123 Å². The highest BCUT2D eigenvalue weighted by atomic mass is 32.1. The lowest BCUT2D eigenvalue weighted by atomic mass is 9.91. The Bertz CT molecular complexity index is 2260. The van der Waals surface area contributed by atoms with Crippen molar-refractivity contribution in [3.8, 4) is 17.2 Å². The third-order valence-electron chi connectivity index (χ3n) is 8.93. The molecule has 1 saturated heterocycles. The molecule has 3 aromatic carbocycles. The van der Waals surface area contributed by atoms with Gasteiger partial charge < -0.3 is 20.9 Å². The molecule has 0 radical (unpaired) electrons. The summed E-state index contributed by atoms with van der Waals surface area (Å²) in [5.74, 6) is -0.897. The van der Waals surface area contributed by atoms with Gasteiger partial charge in [0.25, 0.3) is 11.5 Å². The number of benzene rings is 3. The van der Waals surface area contributed by atoms with Crippen LogP contribution >= 0.6 is 11.3 Å². The maximum absolute atomic E-state index is 14.9. The Kier molecular flexibility index (Phi) is 9.33. The largest absolute Gasteiger partial charge is 0.457 e. The third kappa shape index (κ3) is 7.22. The monoisotopic (exact) mass is 712 g/mol. The van der Waals surface area contributed by atoms with Crippen LogP contribution in [0.4, 0.5) is 14.6 Å². The van der Waals surface area contributed by atoms with E-state index in [4.69, 9.17) is 10.5 Å². The number of nitrogen functional groups attached to an aromatic ring is 1. The zero-order valence-electron chi connectivity index (χ0n) is 27.5. The molecule has 7 rings (SSSR count). The number of nitrogens with one attached hydrogen (secondary N) is 1. The van der Waals surface area contributed by atoms with E-state index in [1.54, 1.807) is 18.2 Å². The third-order valence-corrected chi connectivity index (χ3v) is 9.95. The summed E-state index contributed by atoms with van der Waals surface area (Å²) in [6.07, 6.45) is 3.86. The number of amides is 1. The average Bonchev–Trinajstić information content (AvgIpc) is 3.78. The Hall–Kier alpha value is -5.51. The first-order chi connectivity index (χ1) is 24.6. The van der Waals surface area contributed by atoms with Crippen LogP contribution in [0.15, 0.2) is 90.2 Å². The number of likely N-dealkylation sites (tertiary alicyclic amines) is 1. The van der Waals surface area contributed by atoms with Gasteiger partial charge in [0.2, 0.25) is 0 Å². The van der Waals surface area contributed by atoms with Crippen molar-refractivity contribution in [1.82, 2.24) is 34.5 Å². The fourth-order valence-corrected chi connectivity index (χ4v) is 7.28. The van der Waals surface area contributed by atoms with Crippen LogP contribution in [-0.2, 0) is 12.1 Å². The molecule has 6 aromatic rings. The normalized spacial score (nSPS) is 15.1. The van der Waals surface area contributed by atoms with Gasteiger partial charge in [-0.2, -0.15) is 5.10 Å². The van der Waals surface area contributed by atoms with E-state index in [0.29, 0.717) is 58.3 Å². The maximum Gasteiger partial charge on any atom is 0.298 e. The number of aryl methyl sites for hydroxylation is 1. The lowest BCUT2D eigenvalue weighted by Gasteiger charge is -2.38. The quantitative estimate of drug-likeness (QED) is 0.182. The number of piperidine rings is 1. The van der Waals surface area contributed by atoms with Crippen LogP contribution in [0.25, 0.3) is 16.0 Å². The van der Waals surface area contributed by atoms with E-state index in [-0.39, 0.29) is 36.4 Å². The molecule has 0 unspecified atom stereocenters. The average molecular weight is 713 g/mol. The lowest BCUT2D eigenvalue weighted by molar-refractivity contribution is -0.0271. The number of carbonyl (C=O) groups is 1.